The molecule has 0 radical (unpaired) electrons. The molecule has 4 nitrogen and oxygen atoms in total. The lowest BCUT2D eigenvalue weighted by molar-refractivity contribution is 0.0600. The number of nitrogens with zero attached hydrogens (tertiary/aromatic N) is 1. The second kappa shape index (κ2) is 6.91. The molecule has 0 amide bonds. The lowest BCUT2D eigenvalue weighted by Gasteiger charge is -2.09. The van der Waals surface area contributed by atoms with Crippen molar-refractivity contribution in [2.24, 2.45) is 0 Å². The van der Waals surface area contributed by atoms with E-state index < -0.39 is 0 Å². The van der Waals surface area contributed by atoms with Gasteiger partial charge in [-0.1, -0.05) is 28.1 Å². The van der Waals surface area contributed by atoms with Crippen molar-refractivity contribution in [2.45, 2.75) is 6.54 Å². The highest BCUT2D eigenvalue weighted by molar-refractivity contribution is 9.10. The minimum absolute atomic E-state index is 0.364. The number of hydrogen-bond acceptors (Lipinski definition) is 4. The van der Waals surface area contributed by atoms with Crippen molar-refractivity contribution in [2.75, 3.05) is 12.4 Å². The quantitative estimate of drug-likeness (QED) is 0.858. The van der Waals surface area contributed by atoms with Gasteiger partial charge in [0.2, 0.25) is 0 Å². The van der Waals surface area contributed by atoms with Gasteiger partial charge in [0.05, 0.1) is 24.3 Å². The third-order valence-electron chi connectivity index (χ3n) is 2.95. The molecule has 0 aromatic heterocycles. The van der Waals surface area contributed by atoms with Crippen molar-refractivity contribution >= 4 is 27.6 Å². The Balaban J connectivity index is 2.10. The predicted octanol–water partition coefficient (Wildman–Crippen LogP) is 3.72. The number of ether oxygens (including phenoxy) is 1. The Hall–Kier alpha value is -2.32. The van der Waals surface area contributed by atoms with Crippen molar-refractivity contribution in [1.82, 2.24) is 0 Å². The van der Waals surface area contributed by atoms with Crippen LogP contribution < -0.4 is 5.32 Å². The van der Waals surface area contributed by atoms with Crippen LogP contribution in [0.15, 0.2) is 46.9 Å². The largest absolute Gasteiger partial charge is 0.465 e. The normalized spacial score (nSPS) is 9.76. The lowest BCUT2D eigenvalue weighted by atomic mass is 10.1. The number of esters is 1. The number of nitrogens with one attached hydrogen (secondary N) is 1. The van der Waals surface area contributed by atoms with Crippen LogP contribution in [0.25, 0.3) is 0 Å². The van der Waals surface area contributed by atoms with Crippen LogP contribution in [0.4, 0.5) is 5.69 Å². The zero-order valence-electron chi connectivity index (χ0n) is 11.4. The van der Waals surface area contributed by atoms with Crippen molar-refractivity contribution < 1.29 is 9.53 Å². The molecule has 21 heavy (non-hydrogen) atoms. The molecule has 0 fully saturated rings. The van der Waals surface area contributed by atoms with Crippen LogP contribution >= 0.6 is 15.9 Å². The summed E-state index contributed by atoms with van der Waals surface area (Å²) >= 11 is 3.45. The second-order valence-corrected chi connectivity index (χ2v) is 5.20. The molecule has 0 unspecified atom stereocenters. The molecular formula is C16H13BrN2O2. The number of halogens is 1. The third kappa shape index (κ3) is 3.83. The first-order valence-electron chi connectivity index (χ1n) is 6.25. The Morgan fingerprint density at radius 2 is 2.14 bits per heavy atom. The fourth-order valence-corrected chi connectivity index (χ4v) is 2.35. The monoisotopic (exact) mass is 344 g/mol. The van der Waals surface area contributed by atoms with Crippen LogP contribution in [0.1, 0.15) is 21.5 Å². The number of carbonyl (C=O) groups excluding carboxylic acids is 1. The van der Waals surface area contributed by atoms with Crippen LogP contribution in [0.5, 0.6) is 0 Å². The summed E-state index contributed by atoms with van der Waals surface area (Å²) in [5, 5.41) is 12.1. The standard InChI is InChI=1S/C16H13BrN2O2/c1-21-16(20)12-5-6-13(15(17)8-12)10-19-14-4-2-3-11(7-14)9-18/h2-8,19H,10H2,1H3. The van der Waals surface area contributed by atoms with Crippen LogP contribution in [0.3, 0.4) is 0 Å². The predicted molar refractivity (Wildman–Crippen MR) is 84.0 cm³/mol. The number of nitriles is 1. The summed E-state index contributed by atoms with van der Waals surface area (Å²) in [6.07, 6.45) is 0. The van der Waals surface area contributed by atoms with Gasteiger partial charge >= 0.3 is 5.97 Å². The number of rotatable bonds is 4. The van der Waals surface area contributed by atoms with Crippen molar-refractivity contribution in [3.8, 4) is 6.07 Å². The van der Waals surface area contributed by atoms with E-state index in [4.69, 9.17) is 5.26 Å². The van der Waals surface area contributed by atoms with Gasteiger partial charge in [0.1, 0.15) is 0 Å². The molecule has 2 aromatic carbocycles. The summed E-state index contributed by atoms with van der Waals surface area (Å²) in [5.74, 6) is -0.364. The van der Waals surface area contributed by atoms with Crippen LogP contribution in [-0.2, 0) is 11.3 Å². The second-order valence-electron chi connectivity index (χ2n) is 4.34. The van der Waals surface area contributed by atoms with Gasteiger partial charge in [-0.15, -0.1) is 0 Å². The highest BCUT2D eigenvalue weighted by Gasteiger charge is 2.08. The van der Waals surface area contributed by atoms with E-state index in [9.17, 15) is 4.79 Å². The minimum Gasteiger partial charge on any atom is -0.465 e. The van der Waals surface area contributed by atoms with Gasteiger partial charge in [-0.2, -0.15) is 5.26 Å². The SMILES string of the molecule is COC(=O)c1ccc(CNc2cccc(C#N)c2)c(Br)c1. The molecule has 2 aromatic rings. The van der Waals surface area contributed by atoms with E-state index in [-0.39, 0.29) is 5.97 Å². The van der Waals surface area contributed by atoms with Gasteiger partial charge in [-0.3, -0.25) is 0 Å². The molecule has 106 valence electrons. The molecule has 0 bridgehead atoms. The molecule has 0 saturated heterocycles. The fraction of sp³-hybridized carbons (Fsp3) is 0.125. The highest BCUT2D eigenvalue weighted by Crippen LogP contribution is 2.21. The van der Waals surface area contributed by atoms with Gasteiger partial charge in [0.25, 0.3) is 0 Å². The Kier molecular flexibility index (Phi) is 4.96. The van der Waals surface area contributed by atoms with Gasteiger partial charge in [0.15, 0.2) is 0 Å². The molecule has 0 spiro atoms. The van der Waals surface area contributed by atoms with E-state index in [1.165, 1.54) is 7.11 Å². The molecule has 2 rings (SSSR count). The topological polar surface area (TPSA) is 62.1 Å². The van der Waals surface area contributed by atoms with Crippen LogP contribution in [-0.4, -0.2) is 13.1 Å². The van der Waals surface area contributed by atoms with Crippen LogP contribution in [0, 0.1) is 11.3 Å². The summed E-state index contributed by atoms with van der Waals surface area (Å²) in [6, 6.07) is 14.7. The molecule has 0 atom stereocenters. The molecule has 0 aliphatic carbocycles. The maximum Gasteiger partial charge on any atom is 0.337 e. The molecular weight excluding hydrogens is 332 g/mol. The Morgan fingerprint density at radius 3 is 2.81 bits per heavy atom. The fourth-order valence-electron chi connectivity index (χ4n) is 1.83. The summed E-state index contributed by atoms with van der Waals surface area (Å²) in [6.45, 7) is 0.580. The first-order chi connectivity index (χ1) is 10.1. The Bertz CT molecular complexity index is 708. The summed E-state index contributed by atoms with van der Waals surface area (Å²) in [7, 11) is 1.36. The maximum absolute atomic E-state index is 11.4. The van der Waals surface area contributed by atoms with Gasteiger partial charge in [0, 0.05) is 16.7 Å². The van der Waals surface area contributed by atoms with Gasteiger partial charge in [-0.25, -0.2) is 4.79 Å². The zero-order chi connectivity index (χ0) is 15.2. The minimum atomic E-state index is -0.364. The number of benzene rings is 2. The molecule has 0 aliphatic heterocycles. The summed E-state index contributed by atoms with van der Waals surface area (Å²) < 4.78 is 5.51. The average molecular weight is 345 g/mol. The van der Waals surface area contributed by atoms with Crippen molar-refractivity contribution in [1.29, 1.82) is 5.26 Å². The number of anilines is 1. The zero-order valence-corrected chi connectivity index (χ0v) is 13.0. The third-order valence-corrected chi connectivity index (χ3v) is 3.69. The molecule has 0 saturated carbocycles. The van der Waals surface area contributed by atoms with E-state index in [0.29, 0.717) is 17.7 Å². The van der Waals surface area contributed by atoms with Crippen molar-refractivity contribution in [3.05, 3.63) is 63.6 Å². The van der Waals surface area contributed by atoms with E-state index >= 15 is 0 Å². The smallest absolute Gasteiger partial charge is 0.337 e. The summed E-state index contributed by atoms with van der Waals surface area (Å²) in [4.78, 5) is 11.4. The average Bonchev–Trinajstić information content (AvgIpc) is 2.53. The van der Waals surface area contributed by atoms with E-state index in [1.807, 2.05) is 18.2 Å². The van der Waals surface area contributed by atoms with Gasteiger partial charge < -0.3 is 10.1 Å². The maximum atomic E-state index is 11.4. The first-order valence-corrected chi connectivity index (χ1v) is 7.04. The molecule has 0 aliphatic rings. The Morgan fingerprint density at radius 1 is 1.33 bits per heavy atom. The highest BCUT2D eigenvalue weighted by atomic mass is 79.9. The Labute approximate surface area is 131 Å². The van der Waals surface area contributed by atoms with Crippen LogP contribution in [0.2, 0.25) is 0 Å². The number of carbonyl (C=O) groups is 1. The van der Waals surface area contributed by atoms with Gasteiger partial charge in [-0.05, 0) is 35.9 Å². The molecule has 5 heteroatoms. The number of hydrogen-bond donors (Lipinski definition) is 1. The van der Waals surface area contributed by atoms with E-state index in [2.05, 4.69) is 32.1 Å². The van der Waals surface area contributed by atoms with E-state index in [1.54, 1.807) is 24.3 Å². The summed E-state index contributed by atoms with van der Waals surface area (Å²) in [5.41, 5.74) is 2.99. The number of methoxy groups -OCH3 is 1. The lowest BCUT2D eigenvalue weighted by Crippen LogP contribution is -2.04. The van der Waals surface area contributed by atoms with Crippen molar-refractivity contribution in [3.63, 3.8) is 0 Å². The first kappa shape index (κ1) is 15.1. The molecule has 1 N–H and O–H groups in total. The molecule has 0 heterocycles. The van der Waals surface area contributed by atoms with E-state index in [0.717, 1.165) is 15.7 Å².